The molecule has 0 saturated heterocycles. The van der Waals surface area contributed by atoms with Gasteiger partial charge < -0.3 is 5.32 Å². The van der Waals surface area contributed by atoms with Crippen LogP contribution < -0.4 is 5.32 Å². The first-order valence-corrected chi connectivity index (χ1v) is 9.08. The van der Waals surface area contributed by atoms with Gasteiger partial charge in [0.05, 0.1) is 6.04 Å². The zero-order valence-electron chi connectivity index (χ0n) is 13.6. The number of nitrogens with one attached hydrogen (secondary N) is 1. The summed E-state index contributed by atoms with van der Waals surface area (Å²) in [4.78, 5) is 13.5. The number of hydrogen-bond donors (Lipinski definition) is 1. The average Bonchev–Trinajstić information content (AvgIpc) is 2.97. The van der Waals surface area contributed by atoms with Gasteiger partial charge in [-0.2, -0.15) is 0 Å². The summed E-state index contributed by atoms with van der Waals surface area (Å²) in [5.41, 5.74) is 4.71. The lowest BCUT2D eigenvalue weighted by molar-refractivity contribution is -0.116. The van der Waals surface area contributed by atoms with E-state index in [0.717, 1.165) is 16.0 Å². The predicted molar refractivity (Wildman–Crippen MR) is 103 cm³/mol. The van der Waals surface area contributed by atoms with Crippen molar-refractivity contribution in [2.75, 3.05) is 0 Å². The molecule has 4 rings (SSSR count). The van der Waals surface area contributed by atoms with Crippen molar-refractivity contribution >= 4 is 17.7 Å². The van der Waals surface area contributed by atoms with Crippen LogP contribution in [0.25, 0.3) is 11.1 Å². The first kappa shape index (κ1) is 15.7. The summed E-state index contributed by atoms with van der Waals surface area (Å²) in [5.74, 6) is -0.0834. The summed E-state index contributed by atoms with van der Waals surface area (Å²) in [6.45, 7) is 0. The van der Waals surface area contributed by atoms with Gasteiger partial charge in [0.2, 0.25) is 5.91 Å². The molecule has 122 valence electrons. The maximum absolute atomic E-state index is 12.4. The van der Waals surface area contributed by atoms with Gasteiger partial charge in [0.25, 0.3) is 0 Å². The molecule has 1 aliphatic carbocycles. The number of carbonyl (C=O) groups is 1. The summed E-state index contributed by atoms with van der Waals surface area (Å²) >= 11 is 1.54. The van der Waals surface area contributed by atoms with Gasteiger partial charge in [0.1, 0.15) is 0 Å². The van der Waals surface area contributed by atoms with E-state index < -0.39 is 0 Å². The topological polar surface area (TPSA) is 29.1 Å². The average molecular weight is 343 g/mol. The Hall–Kier alpha value is -2.78. The highest BCUT2D eigenvalue weighted by atomic mass is 32.2. The first-order valence-electron chi connectivity index (χ1n) is 8.20. The van der Waals surface area contributed by atoms with E-state index in [-0.39, 0.29) is 11.9 Å². The van der Waals surface area contributed by atoms with Crippen LogP contribution in [-0.4, -0.2) is 5.91 Å². The molecule has 2 nitrogen and oxygen atoms in total. The summed E-state index contributed by atoms with van der Waals surface area (Å²) in [7, 11) is 0. The molecule has 1 N–H and O–H groups in total. The van der Waals surface area contributed by atoms with Gasteiger partial charge in [-0.25, -0.2) is 0 Å². The molecule has 0 atom stereocenters. The largest absolute Gasteiger partial charge is 0.342 e. The van der Waals surface area contributed by atoms with Gasteiger partial charge in [-0.1, -0.05) is 78.5 Å². The quantitative estimate of drug-likeness (QED) is 0.522. The third kappa shape index (κ3) is 3.24. The third-order valence-corrected chi connectivity index (χ3v) is 5.10. The molecule has 25 heavy (non-hydrogen) atoms. The Kier molecular flexibility index (Phi) is 4.40. The normalized spacial score (nSPS) is 12.8. The van der Waals surface area contributed by atoms with Crippen LogP contribution in [0.15, 0.2) is 95.2 Å². The number of amides is 1. The molecule has 0 radical (unpaired) electrons. The van der Waals surface area contributed by atoms with Crippen LogP contribution in [0.5, 0.6) is 0 Å². The van der Waals surface area contributed by atoms with Crippen LogP contribution in [0.1, 0.15) is 17.2 Å². The Bertz CT molecular complexity index is 888. The van der Waals surface area contributed by atoms with Gasteiger partial charge in [0, 0.05) is 11.0 Å². The lowest BCUT2D eigenvalue weighted by atomic mass is 10.1. The zero-order valence-corrected chi connectivity index (χ0v) is 14.4. The van der Waals surface area contributed by atoms with E-state index in [0.29, 0.717) is 0 Å². The van der Waals surface area contributed by atoms with Crippen LogP contribution >= 0.6 is 11.8 Å². The second kappa shape index (κ2) is 6.99. The fraction of sp³-hybridized carbons (Fsp3) is 0.0455. The smallest absolute Gasteiger partial charge is 0.245 e. The van der Waals surface area contributed by atoms with Crippen molar-refractivity contribution in [3.63, 3.8) is 0 Å². The lowest BCUT2D eigenvalue weighted by Crippen LogP contribution is -2.26. The minimum atomic E-state index is -0.0914. The lowest BCUT2D eigenvalue weighted by Gasteiger charge is -2.14. The monoisotopic (exact) mass is 343 g/mol. The van der Waals surface area contributed by atoms with Crippen LogP contribution in [0, 0.1) is 0 Å². The van der Waals surface area contributed by atoms with Crippen LogP contribution in [0.3, 0.4) is 0 Å². The molecule has 0 bridgehead atoms. The first-order chi connectivity index (χ1) is 12.3. The number of carbonyl (C=O) groups excluding carboxylic acids is 1. The van der Waals surface area contributed by atoms with Crippen LogP contribution in [0.4, 0.5) is 0 Å². The Morgan fingerprint density at radius 3 is 2.00 bits per heavy atom. The van der Waals surface area contributed by atoms with E-state index in [1.807, 2.05) is 60.0 Å². The maximum atomic E-state index is 12.4. The van der Waals surface area contributed by atoms with Crippen molar-refractivity contribution in [3.8, 4) is 11.1 Å². The van der Waals surface area contributed by atoms with Crippen molar-refractivity contribution in [3.05, 3.63) is 101 Å². The minimum Gasteiger partial charge on any atom is -0.342 e. The second-order valence-electron chi connectivity index (χ2n) is 5.85. The number of fused-ring (bicyclic) bond motifs is 3. The van der Waals surface area contributed by atoms with Gasteiger partial charge >= 0.3 is 0 Å². The van der Waals surface area contributed by atoms with E-state index in [1.165, 1.54) is 22.9 Å². The molecule has 3 heteroatoms. The van der Waals surface area contributed by atoms with E-state index in [2.05, 4.69) is 29.6 Å². The highest BCUT2D eigenvalue weighted by Crippen LogP contribution is 2.42. The molecule has 0 saturated carbocycles. The second-order valence-corrected chi connectivity index (χ2v) is 6.83. The summed E-state index contributed by atoms with van der Waals surface area (Å²) in [6.07, 6.45) is 1.60. The van der Waals surface area contributed by atoms with E-state index in [9.17, 15) is 4.79 Å². The van der Waals surface area contributed by atoms with Crippen molar-refractivity contribution < 1.29 is 4.79 Å². The SMILES string of the molecule is O=C(/C=C/Sc1ccccc1)NC1c2ccccc2-c2ccccc21. The van der Waals surface area contributed by atoms with Gasteiger partial charge in [-0.05, 0) is 39.8 Å². The summed E-state index contributed by atoms with van der Waals surface area (Å²) < 4.78 is 0. The zero-order chi connectivity index (χ0) is 17.1. The molecule has 3 aromatic carbocycles. The van der Waals surface area contributed by atoms with Gasteiger partial charge in [-0.3, -0.25) is 4.79 Å². The Balaban J connectivity index is 1.51. The van der Waals surface area contributed by atoms with Gasteiger partial charge in [-0.15, -0.1) is 0 Å². The molecule has 3 aromatic rings. The highest BCUT2D eigenvalue weighted by Gasteiger charge is 2.28. The molecule has 0 fully saturated rings. The number of hydrogen-bond acceptors (Lipinski definition) is 2. The van der Waals surface area contributed by atoms with E-state index in [4.69, 9.17) is 0 Å². The molecule has 0 aliphatic heterocycles. The van der Waals surface area contributed by atoms with E-state index >= 15 is 0 Å². The maximum Gasteiger partial charge on any atom is 0.245 e. The standard InChI is InChI=1S/C22H17NOS/c24-21(14-15-25-16-8-2-1-3-9-16)23-22-19-12-6-4-10-17(19)18-11-5-7-13-20(18)22/h1-15,22H,(H,23,24)/b15-14+. The fourth-order valence-electron chi connectivity index (χ4n) is 3.17. The minimum absolute atomic E-state index is 0.0834. The highest BCUT2D eigenvalue weighted by molar-refractivity contribution is 8.02. The molecule has 1 aliphatic rings. The van der Waals surface area contributed by atoms with Crippen molar-refractivity contribution in [1.82, 2.24) is 5.32 Å². The fourth-order valence-corrected chi connectivity index (χ4v) is 3.84. The van der Waals surface area contributed by atoms with Crippen molar-refractivity contribution in [1.29, 1.82) is 0 Å². The number of benzene rings is 3. The molecule has 0 aromatic heterocycles. The van der Waals surface area contributed by atoms with Crippen LogP contribution in [0.2, 0.25) is 0 Å². The molecule has 1 amide bonds. The number of rotatable bonds is 4. The molecular formula is C22H17NOS. The molecule has 0 unspecified atom stereocenters. The molecule has 0 spiro atoms. The summed E-state index contributed by atoms with van der Waals surface area (Å²) in [5, 5.41) is 4.97. The van der Waals surface area contributed by atoms with Crippen LogP contribution in [-0.2, 0) is 4.79 Å². The Morgan fingerprint density at radius 2 is 1.36 bits per heavy atom. The Morgan fingerprint density at radius 1 is 0.800 bits per heavy atom. The third-order valence-electron chi connectivity index (χ3n) is 4.29. The Labute approximate surface area is 151 Å². The predicted octanol–water partition coefficient (Wildman–Crippen LogP) is 5.18. The van der Waals surface area contributed by atoms with Gasteiger partial charge in [0.15, 0.2) is 0 Å². The molecular weight excluding hydrogens is 326 g/mol. The van der Waals surface area contributed by atoms with Crippen molar-refractivity contribution in [2.45, 2.75) is 10.9 Å². The molecule has 0 heterocycles. The van der Waals surface area contributed by atoms with E-state index in [1.54, 1.807) is 6.08 Å². The summed E-state index contributed by atoms with van der Waals surface area (Å²) in [6, 6.07) is 26.4. The number of thioether (sulfide) groups is 1. The van der Waals surface area contributed by atoms with Crippen molar-refractivity contribution in [2.24, 2.45) is 0 Å².